The first-order chi connectivity index (χ1) is 15.8. The first-order valence-corrected chi connectivity index (χ1v) is 12.0. The highest BCUT2D eigenvalue weighted by Crippen LogP contribution is 2.33. The van der Waals surface area contributed by atoms with Crippen molar-refractivity contribution in [3.8, 4) is 11.5 Å². The maximum atomic E-state index is 13.3. The van der Waals surface area contributed by atoms with E-state index in [1.807, 2.05) is 32.0 Å². The molecule has 0 saturated heterocycles. The second-order valence-electron chi connectivity index (χ2n) is 7.20. The van der Waals surface area contributed by atoms with Crippen LogP contribution in [0.2, 0.25) is 0 Å². The van der Waals surface area contributed by atoms with E-state index in [2.05, 4.69) is 48.4 Å². The molecule has 33 heavy (non-hydrogen) atoms. The number of ether oxygens (including phenoxy) is 3. The van der Waals surface area contributed by atoms with E-state index < -0.39 is 5.97 Å². The van der Waals surface area contributed by atoms with Crippen LogP contribution in [-0.4, -0.2) is 42.7 Å². The van der Waals surface area contributed by atoms with Gasteiger partial charge in [-0.05, 0) is 64.9 Å². The molecule has 1 atom stereocenters. The van der Waals surface area contributed by atoms with Crippen molar-refractivity contribution in [3.63, 3.8) is 0 Å². The van der Waals surface area contributed by atoms with Gasteiger partial charge in [-0.1, -0.05) is 29.8 Å². The lowest BCUT2D eigenvalue weighted by Gasteiger charge is -2.14. The summed E-state index contributed by atoms with van der Waals surface area (Å²) in [5, 5.41) is 4.96. The molecule has 0 aliphatic heterocycles. The van der Waals surface area contributed by atoms with Crippen LogP contribution in [0, 0.1) is 3.57 Å². The number of halogens is 2. The number of benzene rings is 2. The number of hydrogen-bond donors (Lipinski definition) is 0. The smallest absolute Gasteiger partial charge is 0.343 e. The minimum atomic E-state index is -0.495. The Labute approximate surface area is 213 Å². The number of carbonyl (C=O) groups excluding carboxylic acids is 1. The molecule has 0 N–H and O–H groups in total. The van der Waals surface area contributed by atoms with Gasteiger partial charge in [-0.2, -0.15) is 9.78 Å². The molecule has 0 saturated carbocycles. The van der Waals surface area contributed by atoms with Crippen molar-refractivity contribution in [2.24, 2.45) is 5.10 Å². The Kier molecular flexibility index (Phi) is 8.46. The fraction of sp³-hybridized carbons (Fsp3) is 0.304. The van der Waals surface area contributed by atoms with Crippen molar-refractivity contribution in [1.82, 2.24) is 9.66 Å². The van der Waals surface area contributed by atoms with E-state index in [-0.39, 0.29) is 18.1 Å². The lowest BCUT2D eigenvalue weighted by atomic mass is 10.1. The van der Waals surface area contributed by atoms with Gasteiger partial charge < -0.3 is 14.2 Å². The zero-order valence-corrected chi connectivity index (χ0v) is 22.3. The number of rotatable bonds is 8. The fourth-order valence-corrected chi connectivity index (χ4v) is 4.19. The van der Waals surface area contributed by atoms with E-state index in [0.717, 1.165) is 10.9 Å². The minimum Gasteiger partial charge on any atom is -0.493 e. The van der Waals surface area contributed by atoms with Crippen molar-refractivity contribution in [1.29, 1.82) is 0 Å². The molecule has 3 aromatic rings. The van der Waals surface area contributed by atoms with E-state index in [4.69, 9.17) is 14.5 Å². The van der Waals surface area contributed by atoms with E-state index in [1.54, 1.807) is 18.3 Å². The number of nitrogens with zero attached hydrogens (tertiary/aromatic N) is 3. The predicted molar refractivity (Wildman–Crippen MR) is 139 cm³/mol. The van der Waals surface area contributed by atoms with Crippen LogP contribution < -0.4 is 15.0 Å². The SMILES string of the molecule is CC[C@@H](C)c1nc2ccc(Br)cc2c(=O)n1N=Cc1cc(I)c(OCC(=O)OC)c(OC)c1. The van der Waals surface area contributed by atoms with Crippen LogP contribution in [0.25, 0.3) is 10.9 Å². The number of carbonyl (C=O) groups is 1. The first-order valence-electron chi connectivity index (χ1n) is 10.1. The van der Waals surface area contributed by atoms with Gasteiger partial charge in [0.1, 0.15) is 5.82 Å². The normalized spacial score (nSPS) is 12.2. The van der Waals surface area contributed by atoms with Crippen molar-refractivity contribution < 1.29 is 19.0 Å². The average Bonchev–Trinajstić information content (AvgIpc) is 2.81. The predicted octanol–water partition coefficient (Wildman–Crippen LogP) is 4.72. The number of aromatic nitrogens is 2. The van der Waals surface area contributed by atoms with Gasteiger partial charge in [0.25, 0.3) is 5.56 Å². The van der Waals surface area contributed by atoms with Gasteiger partial charge in [0.2, 0.25) is 0 Å². The minimum absolute atomic E-state index is 0.0340. The van der Waals surface area contributed by atoms with Gasteiger partial charge in [0, 0.05) is 10.4 Å². The van der Waals surface area contributed by atoms with Gasteiger partial charge >= 0.3 is 5.97 Å². The summed E-state index contributed by atoms with van der Waals surface area (Å²) < 4.78 is 18.5. The van der Waals surface area contributed by atoms with Crippen LogP contribution in [0.4, 0.5) is 0 Å². The highest BCUT2D eigenvalue weighted by Gasteiger charge is 2.17. The fourth-order valence-electron chi connectivity index (χ4n) is 3.05. The number of hydrogen-bond acceptors (Lipinski definition) is 7. The maximum absolute atomic E-state index is 13.3. The Hall–Kier alpha value is -2.47. The lowest BCUT2D eigenvalue weighted by molar-refractivity contribution is -0.142. The Morgan fingerprint density at radius 1 is 1.30 bits per heavy atom. The molecule has 1 aromatic heterocycles. The largest absolute Gasteiger partial charge is 0.493 e. The molecule has 10 heteroatoms. The average molecular weight is 628 g/mol. The summed E-state index contributed by atoms with van der Waals surface area (Å²) in [7, 11) is 2.80. The molecule has 0 bridgehead atoms. The number of esters is 1. The zero-order chi connectivity index (χ0) is 24.1. The Balaban J connectivity index is 2.06. The van der Waals surface area contributed by atoms with Crippen LogP contribution in [0.15, 0.2) is 44.7 Å². The summed E-state index contributed by atoms with van der Waals surface area (Å²) in [6, 6.07) is 8.97. The molecule has 2 aromatic carbocycles. The summed E-state index contributed by atoms with van der Waals surface area (Å²) in [5.41, 5.74) is 1.08. The highest BCUT2D eigenvalue weighted by atomic mass is 127. The van der Waals surface area contributed by atoms with Gasteiger partial charge in [-0.15, -0.1) is 0 Å². The van der Waals surface area contributed by atoms with E-state index >= 15 is 0 Å². The molecule has 8 nitrogen and oxygen atoms in total. The molecule has 0 spiro atoms. The molecule has 0 aliphatic rings. The summed E-state index contributed by atoms with van der Waals surface area (Å²) in [6.07, 6.45) is 2.38. The van der Waals surface area contributed by atoms with Crippen LogP contribution in [0.5, 0.6) is 11.5 Å². The molecule has 3 rings (SSSR count). The Morgan fingerprint density at radius 2 is 2.06 bits per heavy atom. The van der Waals surface area contributed by atoms with Crippen LogP contribution in [-0.2, 0) is 9.53 Å². The topological polar surface area (TPSA) is 92.0 Å². The molecule has 0 unspecified atom stereocenters. The van der Waals surface area contributed by atoms with E-state index in [9.17, 15) is 9.59 Å². The van der Waals surface area contributed by atoms with Gasteiger partial charge in [0.15, 0.2) is 18.1 Å². The second-order valence-corrected chi connectivity index (χ2v) is 9.28. The third kappa shape index (κ3) is 5.72. The van der Waals surface area contributed by atoms with Gasteiger partial charge in [-0.25, -0.2) is 9.78 Å². The van der Waals surface area contributed by atoms with Crippen LogP contribution in [0.1, 0.15) is 37.6 Å². The third-order valence-electron chi connectivity index (χ3n) is 5.02. The Morgan fingerprint density at radius 3 is 2.73 bits per heavy atom. The summed E-state index contributed by atoms with van der Waals surface area (Å²) in [4.78, 5) is 29.4. The quantitative estimate of drug-likeness (QED) is 0.204. The van der Waals surface area contributed by atoms with Crippen LogP contribution >= 0.6 is 38.5 Å². The highest BCUT2D eigenvalue weighted by molar-refractivity contribution is 14.1. The van der Waals surface area contributed by atoms with Crippen molar-refractivity contribution in [3.05, 3.63) is 60.1 Å². The summed E-state index contributed by atoms with van der Waals surface area (Å²) in [5.74, 6) is 0.989. The first kappa shape index (κ1) is 25.2. The summed E-state index contributed by atoms with van der Waals surface area (Å²) in [6.45, 7) is 3.82. The van der Waals surface area contributed by atoms with Crippen molar-refractivity contribution in [2.45, 2.75) is 26.2 Å². The molecule has 1 heterocycles. The second kappa shape index (κ2) is 11.1. The molecule has 0 aliphatic carbocycles. The Bertz CT molecular complexity index is 1280. The number of methoxy groups -OCH3 is 2. The van der Waals surface area contributed by atoms with Crippen molar-refractivity contribution >= 4 is 61.6 Å². The summed E-state index contributed by atoms with van der Waals surface area (Å²) >= 11 is 5.50. The maximum Gasteiger partial charge on any atom is 0.343 e. The number of fused-ring (bicyclic) bond motifs is 1. The van der Waals surface area contributed by atoms with Gasteiger partial charge in [-0.3, -0.25) is 4.79 Å². The molecule has 174 valence electrons. The van der Waals surface area contributed by atoms with Crippen molar-refractivity contribution in [2.75, 3.05) is 20.8 Å². The lowest BCUT2D eigenvalue weighted by Crippen LogP contribution is -2.23. The monoisotopic (exact) mass is 627 g/mol. The third-order valence-corrected chi connectivity index (χ3v) is 6.32. The molecular formula is C23H23BrIN3O5. The standard InChI is InChI=1S/C23H23BrIN3O5/c1-5-13(2)22-27-18-7-6-15(24)10-16(18)23(30)28(22)26-11-14-8-17(25)21(19(9-14)31-3)33-12-20(29)32-4/h6-11,13H,5,12H2,1-4H3/t13-/m1/s1. The zero-order valence-electron chi connectivity index (χ0n) is 18.6. The molecule has 0 radical (unpaired) electrons. The van der Waals surface area contributed by atoms with Crippen LogP contribution in [0.3, 0.4) is 0 Å². The van der Waals surface area contributed by atoms with Gasteiger partial charge in [0.05, 0.1) is 34.9 Å². The molecule has 0 amide bonds. The molecular weight excluding hydrogens is 605 g/mol. The molecule has 0 fully saturated rings. The van der Waals surface area contributed by atoms with E-state index in [0.29, 0.717) is 37.4 Å². The van der Waals surface area contributed by atoms with E-state index in [1.165, 1.54) is 18.9 Å².